The minimum Gasteiger partial charge on any atom is -0.371 e. The average Bonchev–Trinajstić information content (AvgIpc) is 3.17. The molecule has 1 unspecified atom stereocenters. The highest BCUT2D eigenvalue weighted by atomic mass is 16.5. The van der Waals surface area contributed by atoms with Crippen LogP contribution in [0.15, 0.2) is 35.9 Å². The highest BCUT2D eigenvalue weighted by Crippen LogP contribution is 2.60. The van der Waals surface area contributed by atoms with Crippen LogP contribution in [0.4, 0.5) is 0 Å². The number of fused-ring (bicyclic) bond motifs is 5. The number of para-hydroxylation sites is 1. The fourth-order valence-electron chi connectivity index (χ4n) is 5.74. The Kier molecular flexibility index (Phi) is 2.08. The monoisotopic (exact) mass is 292 g/mol. The van der Waals surface area contributed by atoms with Crippen molar-refractivity contribution in [3.8, 4) is 0 Å². The third-order valence-corrected chi connectivity index (χ3v) is 6.60. The minimum atomic E-state index is 0.272. The van der Waals surface area contributed by atoms with Crippen LogP contribution in [0.2, 0.25) is 0 Å². The Morgan fingerprint density at radius 1 is 1.32 bits per heavy atom. The van der Waals surface area contributed by atoms with Crippen LogP contribution in [0.25, 0.3) is 10.9 Å². The van der Waals surface area contributed by atoms with Crippen LogP contribution < -0.4 is 0 Å². The predicted molar refractivity (Wildman–Crippen MR) is 85.6 cm³/mol. The van der Waals surface area contributed by atoms with Gasteiger partial charge in [-0.25, -0.2) is 0 Å². The number of aromatic nitrogens is 1. The van der Waals surface area contributed by atoms with Crippen LogP contribution >= 0.6 is 0 Å². The zero-order chi connectivity index (χ0) is 14.4. The molecular formula is C19H20N2O. The molecule has 4 bridgehead atoms. The van der Waals surface area contributed by atoms with E-state index in [1.807, 2.05) is 0 Å². The first-order valence-corrected chi connectivity index (χ1v) is 8.49. The maximum absolute atomic E-state index is 6.36. The molecule has 0 amide bonds. The van der Waals surface area contributed by atoms with E-state index in [2.05, 4.69) is 47.1 Å². The van der Waals surface area contributed by atoms with Gasteiger partial charge in [0.25, 0.3) is 0 Å². The lowest BCUT2D eigenvalue weighted by molar-refractivity contribution is -0.0332. The molecule has 7 rings (SSSR count). The number of benzene rings is 1. The summed E-state index contributed by atoms with van der Waals surface area (Å²) in [4.78, 5) is 6.46. The first-order chi connectivity index (χ1) is 10.9. The van der Waals surface area contributed by atoms with Gasteiger partial charge in [0.15, 0.2) is 0 Å². The van der Waals surface area contributed by atoms with Gasteiger partial charge in [-0.1, -0.05) is 29.8 Å². The van der Waals surface area contributed by atoms with Crippen molar-refractivity contribution < 1.29 is 4.74 Å². The van der Waals surface area contributed by atoms with Crippen LogP contribution in [0, 0.1) is 11.8 Å². The van der Waals surface area contributed by atoms with Crippen LogP contribution in [0.5, 0.6) is 0 Å². The Morgan fingerprint density at radius 3 is 3.14 bits per heavy atom. The normalized spacial score (nSPS) is 43.0. The number of nitrogens with one attached hydrogen (secondary N) is 1. The third-order valence-electron chi connectivity index (χ3n) is 6.60. The standard InChI is InChI=1S/C19H20N2O/c1-2-10-8-21-15-7-12(10)13-9-22-19(18(13)21)16-11-5-3-4-6-14(11)20-17(15)16/h2-6,12-13,15,18-20H,7-9H2,1H3/t12-,13-,15-,18+,19+/m0/s1. The zero-order valence-electron chi connectivity index (χ0n) is 12.8. The Labute approximate surface area is 129 Å². The number of aromatic amines is 1. The van der Waals surface area contributed by atoms with E-state index in [9.17, 15) is 0 Å². The van der Waals surface area contributed by atoms with Crippen LogP contribution in [-0.2, 0) is 4.74 Å². The van der Waals surface area contributed by atoms with Gasteiger partial charge in [-0.3, -0.25) is 4.90 Å². The summed E-state index contributed by atoms with van der Waals surface area (Å²) in [5.74, 6) is 1.43. The zero-order valence-corrected chi connectivity index (χ0v) is 12.8. The molecule has 22 heavy (non-hydrogen) atoms. The number of H-pyrrole nitrogens is 1. The van der Waals surface area contributed by atoms with Gasteiger partial charge in [-0.2, -0.15) is 0 Å². The Hall–Kier alpha value is -1.58. The number of ether oxygens (including phenoxy) is 1. The summed E-state index contributed by atoms with van der Waals surface area (Å²) in [6.45, 7) is 4.27. The van der Waals surface area contributed by atoms with E-state index in [4.69, 9.17) is 4.74 Å². The lowest BCUT2D eigenvalue weighted by atomic mass is 9.64. The number of nitrogens with zero attached hydrogens (tertiary/aromatic N) is 1. The number of hydrogen-bond acceptors (Lipinski definition) is 2. The van der Waals surface area contributed by atoms with Crippen molar-refractivity contribution in [2.75, 3.05) is 13.2 Å². The molecule has 5 aliphatic heterocycles. The Bertz CT molecular complexity index is 820. The number of allylic oxidation sites excluding steroid dienone is 1. The summed E-state index contributed by atoms with van der Waals surface area (Å²) < 4.78 is 6.36. The lowest BCUT2D eigenvalue weighted by Crippen LogP contribution is -2.59. The second-order valence-corrected chi connectivity index (χ2v) is 7.30. The van der Waals surface area contributed by atoms with Crippen LogP contribution in [0.1, 0.15) is 36.7 Å². The van der Waals surface area contributed by atoms with Crippen molar-refractivity contribution in [3.05, 3.63) is 47.2 Å². The predicted octanol–water partition coefficient (Wildman–Crippen LogP) is 3.56. The van der Waals surface area contributed by atoms with Gasteiger partial charge in [0, 0.05) is 40.7 Å². The number of piperidine rings is 3. The molecular weight excluding hydrogens is 272 g/mol. The van der Waals surface area contributed by atoms with E-state index in [1.54, 1.807) is 5.57 Å². The summed E-state index contributed by atoms with van der Waals surface area (Å²) in [7, 11) is 0. The maximum Gasteiger partial charge on any atom is 0.101 e. The molecule has 5 aliphatic rings. The van der Waals surface area contributed by atoms with E-state index >= 15 is 0 Å². The molecule has 6 atom stereocenters. The molecule has 4 fully saturated rings. The summed E-state index contributed by atoms with van der Waals surface area (Å²) in [5.41, 5.74) is 5.81. The molecule has 0 spiro atoms. The quantitative estimate of drug-likeness (QED) is 0.752. The van der Waals surface area contributed by atoms with Gasteiger partial charge in [0.2, 0.25) is 0 Å². The highest BCUT2D eigenvalue weighted by molar-refractivity contribution is 5.86. The van der Waals surface area contributed by atoms with Crippen LogP contribution in [0.3, 0.4) is 0 Å². The molecule has 6 heterocycles. The summed E-state index contributed by atoms with van der Waals surface area (Å²) >= 11 is 0. The van der Waals surface area contributed by atoms with Crippen molar-refractivity contribution in [3.63, 3.8) is 0 Å². The first-order valence-electron chi connectivity index (χ1n) is 8.49. The molecule has 4 saturated heterocycles. The van der Waals surface area contributed by atoms with E-state index in [1.165, 1.54) is 28.6 Å². The van der Waals surface area contributed by atoms with Crippen molar-refractivity contribution in [1.29, 1.82) is 0 Å². The minimum absolute atomic E-state index is 0.272. The second kappa shape index (κ2) is 3.84. The van der Waals surface area contributed by atoms with Gasteiger partial charge in [0.05, 0.1) is 12.6 Å². The van der Waals surface area contributed by atoms with Gasteiger partial charge in [-0.15, -0.1) is 0 Å². The highest BCUT2D eigenvalue weighted by Gasteiger charge is 2.59. The fraction of sp³-hybridized carbons (Fsp3) is 0.474. The molecule has 3 heteroatoms. The molecule has 0 aliphatic carbocycles. The maximum atomic E-state index is 6.36. The van der Waals surface area contributed by atoms with Crippen molar-refractivity contribution in [1.82, 2.24) is 9.88 Å². The van der Waals surface area contributed by atoms with Crippen molar-refractivity contribution in [2.24, 2.45) is 11.8 Å². The fourth-order valence-corrected chi connectivity index (χ4v) is 5.74. The topological polar surface area (TPSA) is 28.3 Å². The molecule has 1 N–H and O–H groups in total. The molecule has 0 saturated carbocycles. The molecule has 112 valence electrons. The molecule has 1 aromatic heterocycles. The smallest absolute Gasteiger partial charge is 0.101 e. The van der Waals surface area contributed by atoms with Gasteiger partial charge < -0.3 is 9.72 Å². The molecule has 2 aromatic rings. The van der Waals surface area contributed by atoms with Gasteiger partial charge >= 0.3 is 0 Å². The summed E-state index contributed by atoms with van der Waals surface area (Å²) in [5, 5.41) is 1.38. The largest absolute Gasteiger partial charge is 0.371 e. The molecule has 3 nitrogen and oxygen atoms in total. The van der Waals surface area contributed by atoms with Crippen molar-refractivity contribution in [2.45, 2.75) is 31.5 Å². The second-order valence-electron chi connectivity index (χ2n) is 7.30. The van der Waals surface area contributed by atoms with E-state index < -0.39 is 0 Å². The van der Waals surface area contributed by atoms with E-state index in [-0.39, 0.29) is 6.10 Å². The number of rotatable bonds is 0. The van der Waals surface area contributed by atoms with E-state index in [0.29, 0.717) is 18.0 Å². The average molecular weight is 292 g/mol. The Morgan fingerprint density at radius 2 is 2.23 bits per heavy atom. The van der Waals surface area contributed by atoms with Gasteiger partial charge in [-0.05, 0) is 25.3 Å². The van der Waals surface area contributed by atoms with Crippen LogP contribution in [-0.4, -0.2) is 29.1 Å². The van der Waals surface area contributed by atoms with E-state index in [0.717, 1.165) is 19.1 Å². The molecule has 0 radical (unpaired) electrons. The van der Waals surface area contributed by atoms with Gasteiger partial charge in [0.1, 0.15) is 6.10 Å². The molecule has 1 aromatic carbocycles. The Balaban J connectivity index is 1.63. The first kappa shape index (κ1) is 11.9. The third kappa shape index (κ3) is 1.19. The SMILES string of the molecule is CC=C1CN2[C@@H]3[C@H]4CO[C@@H]3c3c([nH]c5ccccc35)[C@@H]2C[C@@H]14. The summed E-state index contributed by atoms with van der Waals surface area (Å²) in [6.07, 6.45) is 3.88. The van der Waals surface area contributed by atoms with Crippen molar-refractivity contribution >= 4 is 10.9 Å². The lowest BCUT2D eigenvalue weighted by Gasteiger charge is -2.56. The number of hydrogen-bond donors (Lipinski definition) is 1. The summed E-state index contributed by atoms with van der Waals surface area (Å²) in [6, 6.07) is 9.90.